The lowest BCUT2D eigenvalue weighted by molar-refractivity contribution is 0.215. The molecule has 0 aliphatic rings. The van der Waals surface area contributed by atoms with Gasteiger partial charge in [0.1, 0.15) is 5.75 Å². The Labute approximate surface area is 112 Å². The molecule has 2 aromatic carbocycles. The van der Waals surface area contributed by atoms with E-state index in [1.54, 1.807) is 12.1 Å². The molecule has 0 saturated carbocycles. The Kier molecular flexibility index (Phi) is 3.98. The van der Waals surface area contributed by atoms with Crippen molar-refractivity contribution in [3.05, 3.63) is 66.7 Å². The van der Waals surface area contributed by atoms with Gasteiger partial charge in [0.2, 0.25) is 0 Å². The van der Waals surface area contributed by atoms with Gasteiger partial charge in [-0.15, -0.1) is 0 Å². The van der Waals surface area contributed by atoms with Crippen molar-refractivity contribution in [3.63, 3.8) is 0 Å². The van der Waals surface area contributed by atoms with E-state index in [0.717, 1.165) is 11.1 Å². The summed E-state index contributed by atoms with van der Waals surface area (Å²) in [5.74, 6) is 0.513. The van der Waals surface area contributed by atoms with E-state index < -0.39 is 6.09 Å². The van der Waals surface area contributed by atoms with E-state index >= 15 is 0 Å². The number of benzene rings is 2. The molecular formula is C16H15NO2. The second-order valence-corrected chi connectivity index (χ2v) is 4.19. The van der Waals surface area contributed by atoms with E-state index in [1.807, 2.05) is 49.4 Å². The van der Waals surface area contributed by atoms with Crippen molar-refractivity contribution in [2.75, 3.05) is 5.32 Å². The first-order chi connectivity index (χ1) is 9.15. The van der Waals surface area contributed by atoms with Gasteiger partial charge >= 0.3 is 6.09 Å². The summed E-state index contributed by atoms with van der Waals surface area (Å²) >= 11 is 0. The van der Waals surface area contributed by atoms with Crippen molar-refractivity contribution in [2.24, 2.45) is 0 Å². The van der Waals surface area contributed by atoms with E-state index in [1.165, 1.54) is 0 Å². The van der Waals surface area contributed by atoms with Crippen LogP contribution in [0.2, 0.25) is 0 Å². The van der Waals surface area contributed by atoms with E-state index in [2.05, 4.69) is 11.9 Å². The van der Waals surface area contributed by atoms with E-state index in [9.17, 15) is 4.79 Å². The van der Waals surface area contributed by atoms with Crippen LogP contribution in [-0.4, -0.2) is 6.09 Å². The first kappa shape index (κ1) is 12.9. The Balaban J connectivity index is 1.97. The minimum absolute atomic E-state index is 0.505. The Morgan fingerprint density at radius 3 is 2.26 bits per heavy atom. The van der Waals surface area contributed by atoms with Crippen molar-refractivity contribution in [1.29, 1.82) is 0 Å². The maximum Gasteiger partial charge on any atom is 0.417 e. The first-order valence-electron chi connectivity index (χ1n) is 5.95. The highest BCUT2D eigenvalue weighted by Crippen LogP contribution is 2.16. The number of ether oxygens (including phenoxy) is 1. The largest absolute Gasteiger partial charge is 0.417 e. The molecular weight excluding hydrogens is 238 g/mol. The van der Waals surface area contributed by atoms with Crippen LogP contribution < -0.4 is 10.1 Å². The van der Waals surface area contributed by atoms with Crippen LogP contribution >= 0.6 is 0 Å². The van der Waals surface area contributed by atoms with Gasteiger partial charge in [-0.3, -0.25) is 5.32 Å². The molecule has 0 unspecified atom stereocenters. The fourth-order valence-electron chi connectivity index (χ4n) is 1.58. The minimum atomic E-state index is -0.505. The average Bonchev–Trinajstić information content (AvgIpc) is 2.40. The SMILES string of the molecule is C=C(C)c1ccc(NC(=O)Oc2ccccc2)cc1. The van der Waals surface area contributed by atoms with Crippen LogP contribution in [0, 0.1) is 0 Å². The van der Waals surface area contributed by atoms with Crippen molar-refractivity contribution in [2.45, 2.75) is 6.92 Å². The van der Waals surface area contributed by atoms with Gasteiger partial charge in [-0.1, -0.05) is 42.5 Å². The molecule has 0 saturated heterocycles. The number of para-hydroxylation sites is 1. The standard InChI is InChI=1S/C16H15NO2/c1-12(2)13-8-10-14(11-9-13)17-16(18)19-15-6-4-3-5-7-15/h3-11H,1H2,2H3,(H,17,18). The number of carbonyl (C=O) groups excluding carboxylic acids is 1. The third-order valence-electron chi connectivity index (χ3n) is 2.58. The summed E-state index contributed by atoms with van der Waals surface area (Å²) in [4.78, 5) is 11.6. The van der Waals surface area contributed by atoms with E-state index in [4.69, 9.17) is 4.74 Å². The zero-order valence-corrected chi connectivity index (χ0v) is 10.7. The zero-order valence-electron chi connectivity index (χ0n) is 10.7. The fraction of sp³-hybridized carbons (Fsp3) is 0.0625. The maximum atomic E-state index is 11.6. The smallest absolute Gasteiger partial charge is 0.410 e. The molecule has 0 radical (unpaired) electrons. The van der Waals surface area contributed by atoms with Gasteiger partial charge in [0.05, 0.1) is 0 Å². The summed E-state index contributed by atoms with van der Waals surface area (Å²) in [6.45, 7) is 5.80. The highest BCUT2D eigenvalue weighted by Gasteiger charge is 2.04. The third kappa shape index (κ3) is 3.71. The van der Waals surface area contributed by atoms with Gasteiger partial charge in [-0.2, -0.15) is 0 Å². The van der Waals surface area contributed by atoms with Crippen molar-refractivity contribution in [1.82, 2.24) is 0 Å². The Morgan fingerprint density at radius 1 is 1.05 bits per heavy atom. The molecule has 0 aliphatic heterocycles. The van der Waals surface area contributed by atoms with Crippen LogP contribution in [0.15, 0.2) is 61.2 Å². The summed E-state index contributed by atoms with van der Waals surface area (Å²) in [5.41, 5.74) is 2.71. The summed E-state index contributed by atoms with van der Waals surface area (Å²) in [5, 5.41) is 2.67. The number of nitrogens with one attached hydrogen (secondary N) is 1. The molecule has 2 aromatic rings. The van der Waals surface area contributed by atoms with Gasteiger partial charge in [0.25, 0.3) is 0 Å². The molecule has 0 aromatic heterocycles. The minimum Gasteiger partial charge on any atom is -0.410 e. The lowest BCUT2D eigenvalue weighted by Crippen LogP contribution is -2.16. The summed E-state index contributed by atoms with van der Waals surface area (Å²) < 4.78 is 5.13. The molecule has 19 heavy (non-hydrogen) atoms. The van der Waals surface area contributed by atoms with Gasteiger partial charge in [-0.05, 0) is 36.8 Å². The molecule has 0 bridgehead atoms. The Bertz CT molecular complexity index is 573. The molecule has 0 heterocycles. The summed E-state index contributed by atoms with van der Waals surface area (Å²) in [6.07, 6.45) is -0.505. The Hall–Kier alpha value is -2.55. The lowest BCUT2D eigenvalue weighted by atomic mass is 10.1. The lowest BCUT2D eigenvalue weighted by Gasteiger charge is -2.07. The average molecular weight is 253 g/mol. The topological polar surface area (TPSA) is 38.3 Å². The number of rotatable bonds is 3. The van der Waals surface area contributed by atoms with Crippen LogP contribution in [0.4, 0.5) is 10.5 Å². The van der Waals surface area contributed by atoms with Crippen molar-refractivity contribution in [3.8, 4) is 5.75 Å². The molecule has 1 amide bonds. The predicted octanol–water partition coefficient (Wildman–Crippen LogP) is 4.33. The molecule has 0 atom stereocenters. The second kappa shape index (κ2) is 5.87. The number of amides is 1. The molecule has 0 spiro atoms. The van der Waals surface area contributed by atoms with E-state index in [-0.39, 0.29) is 0 Å². The molecule has 3 nitrogen and oxygen atoms in total. The van der Waals surface area contributed by atoms with Crippen LogP contribution in [0.5, 0.6) is 5.75 Å². The fourth-order valence-corrected chi connectivity index (χ4v) is 1.58. The number of anilines is 1. The van der Waals surface area contributed by atoms with Crippen LogP contribution in [-0.2, 0) is 0 Å². The molecule has 96 valence electrons. The number of allylic oxidation sites excluding steroid dienone is 1. The predicted molar refractivity (Wildman–Crippen MR) is 77.2 cm³/mol. The van der Waals surface area contributed by atoms with E-state index in [0.29, 0.717) is 11.4 Å². The number of hydrogen-bond donors (Lipinski definition) is 1. The molecule has 0 fully saturated rings. The zero-order chi connectivity index (χ0) is 13.7. The number of hydrogen-bond acceptors (Lipinski definition) is 2. The van der Waals surface area contributed by atoms with Crippen LogP contribution in [0.3, 0.4) is 0 Å². The molecule has 2 rings (SSSR count). The first-order valence-corrected chi connectivity index (χ1v) is 5.95. The Morgan fingerprint density at radius 2 is 1.68 bits per heavy atom. The van der Waals surface area contributed by atoms with Gasteiger partial charge in [-0.25, -0.2) is 4.79 Å². The summed E-state index contributed by atoms with van der Waals surface area (Å²) in [7, 11) is 0. The molecule has 1 N–H and O–H groups in total. The highest BCUT2D eigenvalue weighted by atomic mass is 16.6. The third-order valence-corrected chi connectivity index (χ3v) is 2.58. The van der Waals surface area contributed by atoms with Gasteiger partial charge in [0.15, 0.2) is 0 Å². The normalized spacial score (nSPS) is 9.74. The number of carbonyl (C=O) groups is 1. The second-order valence-electron chi connectivity index (χ2n) is 4.19. The van der Waals surface area contributed by atoms with Crippen molar-refractivity contribution >= 4 is 17.4 Å². The molecule has 3 heteroatoms. The molecule has 0 aliphatic carbocycles. The van der Waals surface area contributed by atoms with Gasteiger partial charge in [0, 0.05) is 5.69 Å². The van der Waals surface area contributed by atoms with Crippen molar-refractivity contribution < 1.29 is 9.53 Å². The van der Waals surface area contributed by atoms with Crippen LogP contribution in [0.25, 0.3) is 5.57 Å². The van der Waals surface area contributed by atoms with Crippen LogP contribution in [0.1, 0.15) is 12.5 Å². The van der Waals surface area contributed by atoms with Gasteiger partial charge < -0.3 is 4.74 Å². The quantitative estimate of drug-likeness (QED) is 0.884. The summed E-state index contributed by atoms with van der Waals surface area (Å²) in [6, 6.07) is 16.4. The maximum absolute atomic E-state index is 11.6. The highest BCUT2D eigenvalue weighted by molar-refractivity contribution is 5.86. The monoisotopic (exact) mass is 253 g/mol.